The van der Waals surface area contributed by atoms with Crippen molar-refractivity contribution < 1.29 is 14.6 Å². The molecule has 1 aromatic carbocycles. The smallest absolute Gasteiger partial charge is 0.119 e. The van der Waals surface area contributed by atoms with Crippen molar-refractivity contribution in [3.63, 3.8) is 0 Å². The molecule has 2 aromatic rings. The molecule has 28 heavy (non-hydrogen) atoms. The van der Waals surface area contributed by atoms with Crippen molar-refractivity contribution in [3.8, 4) is 11.8 Å². The third-order valence-corrected chi connectivity index (χ3v) is 5.70. The predicted molar refractivity (Wildman–Crippen MR) is 110 cm³/mol. The summed E-state index contributed by atoms with van der Waals surface area (Å²) in [6.45, 7) is 4.87. The van der Waals surface area contributed by atoms with Crippen LogP contribution in [0.4, 0.5) is 0 Å². The first kappa shape index (κ1) is 20.8. The molecule has 1 aliphatic rings. The van der Waals surface area contributed by atoms with Gasteiger partial charge in [-0.1, -0.05) is 18.2 Å². The molecule has 0 saturated carbocycles. The van der Waals surface area contributed by atoms with Gasteiger partial charge in [0.05, 0.1) is 31.7 Å². The third kappa shape index (κ3) is 6.30. The van der Waals surface area contributed by atoms with Gasteiger partial charge in [-0.3, -0.25) is 4.90 Å². The van der Waals surface area contributed by atoms with Crippen LogP contribution in [-0.4, -0.2) is 62.1 Å². The lowest BCUT2D eigenvalue weighted by Crippen LogP contribution is -2.44. The second-order valence-corrected chi connectivity index (χ2v) is 7.76. The second-order valence-electron chi connectivity index (χ2n) is 6.78. The predicted octanol–water partition coefficient (Wildman–Crippen LogP) is 2.22. The zero-order valence-corrected chi connectivity index (χ0v) is 16.7. The van der Waals surface area contributed by atoms with E-state index in [1.807, 2.05) is 24.3 Å². The summed E-state index contributed by atoms with van der Waals surface area (Å²) in [6, 6.07) is 14.1. The van der Waals surface area contributed by atoms with Crippen molar-refractivity contribution in [1.82, 2.24) is 10.2 Å². The Hall–Kier alpha value is -1.95. The standard InChI is InChI=1S/C21H27N3O3S/c22-8-7-17-3-5-19(6-4-17)27-16-18(25)14-23-15-20(21-2-1-13-28-21)24-9-11-26-12-10-24/h1-6,13,18,20,23,25H,7,9-12,14-16H2/t18-,20+/m0/s1. The molecule has 6 nitrogen and oxygen atoms in total. The summed E-state index contributed by atoms with van der Waals surface area (Å²) >= 11 is 1.77. The van der Waals surface area contributed by atoms with Crippen molar-refractivity contribution in [2.75, 3.05) is 46.0 Å². The van der Waals surface area contributed by atoms with Gasteiger partial charge in [0.15, 0.2) is 0 Å². The SMILES string of the molecule is N#CCc1ccc(OC[C@@H](O)CNC[C@H](c2cccs2)N2CCOCC2)cc1. The highest BCUT2D eigenvalue weighted by Gasteiger charge is 2.23. The fourth-order valence-electron chi connectivity index (χ4n) is 3.21. The molecule has 0 aliphatic carbocycles. The van der Waals surface area contributed by atoms with Crippen molar-refractivity contribution in [2.45, 2.75) is 18.6 Å². The number of benzene rings is 1. The quantitative estimate of drug-likeness (QED) is 0.636. The number of aliphatic hydroxyl groups excluding tert-OH is 1. The Bertz CT molecular complexity index is 724. The summed E-state index contributed by atoms with van der Waals surface area (Å²) in [4.78, 5) is 3.77. The van der Waals surface area contributed by atoms with Gasteiger partial charge in [-0.05, 0) is 29.1 Å². The molecule has 0 spiro atoms. The van der Waals surface area contributed by atoms with Crippen LogP contribution in [0.5, 0.6) is 5.75 Å². The first-order chi connectivity index (χ1) is 13.8. The third-order valence-electron chi connectivity index (χ3n) is 4.72. The number of aliphatic hydroxyl groups is 1. The molecule has 2 N–H and O–H groups in total. The molecule has 1 aliphatic heterocycles. The van der Waals surface area contributed by atoms with Crippen molar-refractivity contribution in [1.29, 1.82) is 5.26 Å². The molecule has 0 amide bonds. The van der Waals surface area contributed by atoms with Gasteiger partial charge in [0, 0.05) is 31.1 Å². The molecular formula is C21H27N3O3S. The minimum atomic E-state index is -0.590. The van der Waals surface area contributed by atoms with Gasteiger partial charge in [-0.2, -0.15) is 5.26 Å². The Morgan fingerprint density at radius 1 is 1.21 bits per heavy atom. The van der Waals surface area contributed by atoms with Gasteiger partial charge in [0.2, 0.25) is 0 Å². The number of nitriles is 1. The Balaban J connectivity index is 1.42. The highest BCUT2D eigenvalue weighted by molar-refractivity contribution is 7.10. The van der Waals surface area contributed by atoms with Crippen LogP contribution in [0, 0.1) is 11.3 Å². The Morgan fingerprint density at radius 3 is 2.68 bits per heavy atom. The first-order valence-electron chi connectivity index (χ1n) is 9.59. The van der Waals surface area contributed by atoms with E-state index in [9.17, 15) is 5.11 Å². The van der Waals surface area contributed by atoms with Gasteiger partial charge in [-0.25, -0.2) is 0 Å². The van der Waals surface area contributed by atoms with Crippen LogP contribution < -0.4 is 10.1 Å². The lowest BCUT2D eigenvalue weighted by molar-refractivity contribution is 0.0159. The van der Waals surface area contributed by atoms with Crippen LogP contribution in [0.2, 0.25) is 0 Å². The summed E-state index contributed by atoms with van der Waals surface area (Å²) in [5.41, 5.74) is 0.958. The molecule has 1 saturated heterocycles. The van der Waals surface area contributed by atoms with Gasteiger partial charge in [-0.15, -0.1) is 11.3 Å². The highest BCUT2D eigenvalue weighted by Crippen LogP contribution is 2.25. The molecular weight excluding hydrogens is 374 g/mol. The summed E-state index contributed by atoms with van der Waals surface area (Å²) < 4.78 is 11.1. The van der Waals surface area contributed by atoms with Crippen LogP contribution in [0.15, 0.2) is 41.8 Å². The number of thiophene rings is 1. The summed E-state index contributed by atoms with van der Waals surface area (Å²) in [7, 11) is 0. The van der Waals surface area contributed by atoms with Crippen LogP contribution in [0.25, 0.3) is 0 Å². The molecule has 1 fully saturated rings. The topological polar surface area (TPSA) is 77.8 Å². The minimum absolute atomic E-state index is 0.228. The van der Waals surface area contributed by atoms with Crippen LogP contribution >= 0.6 is 11.3 Å². The summed E-state index contributed by atoms with van der Waals surface area (Å²) in [5.74, 6) is 0.700. The van der Waals surface area contributed by atoms with Gasteiger partial charge >= 0.3 is 0 Å². The van der Waals surface area contributed by atoms with Gasteiger partial charge < -0.3 is 19.9 Å². The van der Waals surface area contributed by atoms with Crippen molar-refractivity contribution >= 4 is 11.3 Å². The first-order valence-corrected chi connectivity index (χ1v) is 10.5. The summed E-state index contributed by atoms with van der Waals surface area (Å²) in [5, 5.41) is 24.4. The van der Waals surface area contributed by atoms with Gasteiger partial charge in [0.25, 0.3) is 0 Å². The lowest BCUT2D eigenvalue weighted by Gasteiger charge is -2.34. The molecule has 150 valence electrons. The average Bonchev–Trinajstić information content (AvgIpc) is 3.26. The van der Waals surface area contributed by atoms with Crippen LogP contribution in [0.1, 0.15) is 16.5 Å². The molecule has 0 bridgehead atoms. The van der Waals surface area contributed by atoms with E-state index in [2.05, 4.69) is 33.8 Å². The van der Waals surface area contributed by atoms with E-state index < -0.39 is 6.10 Å². The van der Waals surface area contributed by atoms with Crippen LogP contribution in [0.3, 0.4) is 0 Å². The molecule has 0 unspecified atom stereocenters. The second kappa shape index (κ2) is 11.1. The number of nitrogens with one attached hydrogen (secondary N) is 1. The maximum Gasteiger partial charge on any atom is 0.119 e. The number of nitrogens with zero attached hydrogens (tertiary/aromatic N) is 2. The zero-order valence-electron chi connectivity index (χ0n) is 15.9. The normalized spacial score (nSPS) is 17.0. The maximum absolute atomic E-state index is 10.2. The van der Waals surface area contributed by atoms with E-state index in [4.69, 9.17) is 14.7 Å². The molecule has 3 rings (SSSR count). The Kier molecular flexibility index (Phi) is 8.27. The largest absolute Gasteiger partial charge is 0.491 e. The maximum atomic E-state index is 10.2. The van der Waals surface area contributed by atoms with E-state index >= 15 is 0 Å². The zero-order chi connectivity index (χ0) is 19.6. The van der Waals surface area contributed by atoms with E-state index in [1.54, 1.807) is 11.3 Å². The van der Waals surface area contributed by atoms with Crippen molar-refractivity contribution in [2.24, 2.45) is 0 Å². The van der Waals surface area contributed by atoms with Crippen molar-refractivity contribution in [3.05, 3.63) is 52.2 Å². The molecule has 1 aromatic heterocycles. The van der Waals surface area contributed by atoms with E-state index in [1.165, 1.54) is 4.88 Å². The number of morpholine rings is 1. The number of hydrogen-bond acceptors (Lipinski definition) is 7. The molecule has 2 atom stereocenters. The fourth-order valence-corrected chi connectivity index (χ4v) is 4.07. The lowest BCUT2D eigenvalue weighted by atomic mass is 10.1. The monoisotopic (exact) mass is 401 g/mol. The Labute approximate surface area is 170 Å². The number of ether oxygens (including phenoxy) is 2. The van der Waals surface area contributed by atoms with E-state index in [0.717, 1.165) is 38.4 Å². The van der Waals surface area contributed by atoms with E-state index in [0.29, 0.717) is 24.8 Å². The van der Waals surface area contributed by atoms with Crippen LogP contribution in [-0.2, 0) is 11.2 Å². The van der Waals surface area contributed by atoms with Gasteiger partial charge in [0.1, 0.15) is 18.5 Å². The minimum Gasteiger partial charge on any atom is -0.491 e. The average molecular weight is 402 g/mol. The fraction of sp³-hybridized carbons (Fsp3) is 0.476. The number of rotatable bonds is 10. The number of hydrogen-bond donors (Lipinski definition) is 2. The van der Waals surface area contributed by atoms with E-state index in [-0.39, 0.29) is 6.61 Å². The Morgan fingerprint density at radius 2 is 2.00 bits per heavy atom. The summed E-state index contributed by atoms with van der Waals surface area (Å²) in [6.07, 6.45) is -0.200. The molecule has 0 radical (unpaired) electrons. The highest BCUT2D eigenvalue weighted by atomic mass is 32.1. The molecule has 2 heterocycles. The molecule has 7 heteroatoms.